The van der Waals surface area contributed by atoms with Crippen LogP contribution in [0.15, 0.2) is 18.2 Å². The van der Waals surface area contributed by atoms with Gasteiger partial charge in [0, 0.05) is 18.6 Å². The summed E-state index contributed by atoms with van der Waals surface area (Å²) in [5.41, 5.74) is 1.29. The van der Waals surface area contributed by atoms with Crippen molar-refractivity contribution in [2.75, 3.05) is 13.2 Å². The first-order chi connectivity index (χ1) is 8.55. The maximum absolute atomic E-state index is 5.88. The summed E-state index contributed by atoms with van der Waals surface area (Å²) >= 11 is 0. The molecule has 1 atom stereocenters. The van der Waals surface area contributed by atoms with E-state index in [2.05, 4.69) is 51.1 Å². The van der Waals surface area contributed by atoms with Gasteiger partial charge in [-0.2, -0.15) is 0 Å². The van der Waals surface area contributed by atoms with Gasteiger partial charge in [0.1, 0.15) is 0 Å². The quantitative estimate of drug-likeness (QED) is 0.674. The molecule has 0 bridgehead atoms. The van der Waals surface area contributed by atoms with Crippen LogP contribution in [0.4, 0.5) is 0 Å². The summed E-state index contributed by atoms with van der Waals surface area (Å²) < 4.78 is 11.8. The van der Waals surface area contributed by atoms with Gasteiger partial charge in [0.05, 0.1) is 0 Å². The molecule has 2 nitrogen and oxygen atoms in total. The van der Waals surface area contributed by atoms with Crippen molar-refractivity contribution in [2.24, 2.45) is 11.3 Å². The van der Waals surface area contributed by atoms with Gasteiger partial charge in [-0.15, -0.1) is 0 Å². The first-order valence-electron chi connectivity index (χ1n) is 6.61. The van der Waals surface area contributed by atoms with E-state index < -0.39 is 0 Å². The molecule has 2 aliphatic rings. The van der Waals surface area contributed by atoms with Gasteiger partial charge in [0.15, 0.2) is 0 Å². The van der Waals surface area contributed by atoms with E-state index in [0.717, 1.165) is 13.2 Å². The van der Waals surface area contributed by atoms with Crippen LogP contribution in [0.3, 0.4) is 0 Å². The third-order valence-corrected chi connectivity index (χ3v) is 3.55. The Kier molecular flexibility index (Phi) is 2.83. The Hall–Kier alpha value is -1.06. The maximum atomic E-state index is 5.88. The van der Waals surface area contributed by atoms with Crippen molar-refractivity contribution in [3.8, 4) is 0 Å². The van der Waals surface area contributed by atoms with Gasteiger partial charge < -0.3 is 9.31 Å². The second-order valence-corrected chi connectivity index (χ2v) is 6.16. The Bertz CT molecular complexity index is 567. The Morgan fingerprint density at radius 2 is 1.89 bits per heavy atom. The third-order valence-electron chi connectivity index (χ3n) is 3.55. The molecule has 1 heterocycles. The van der Waals surface area contributed by atoms with E-state index >= 15 is 0 Å². The summed E-state index contributed by atoms with van der Waals surface area (Å²) in [4.78, 5) is 0. The first kappa shape index (κ1) is 12.0. The molecule has 1 aromatic rings. The van der Waals surface area contributed by atoms with E-state index in [-0.39, 0.29) is 12.5 Å². The van der Waals surface area contributed by atoms with Crippen LogP contribution < -0.4 is 15.9 Å². The van der Waals surface area contributed by atoms with E-state index in [1.807, 2.05) is 0 Å². The molecule has 1 aromatic carbocycles. The van der Waals surface area contributed by atoms with Gasteiger partial charge >= 0.3 is 7.12 Å². The normalized spacial score (nSPS) is 25.3. The molecule has 0 aromatic heterocycles. The summed E-state index contributed by atoms with van der Waals surface area (Å²) in [6, 6.07) is 6.36. The molecule has 1 fully saturated rings. The lowest BCUT2D eigenvalue weighted by molar-refractivity contribution is 0.0342. The van der Waals surface area contributed by atoms with Gasteiger partial charge in [-0.25, -0.2) is 0 Å². The summed E-state index contributed by atoms with van der Waals surface area (Å²) in [6.07, 6.45) is 4.57. The molecule has 3 heteroatoms. The maximum Gasteiger partial charge on any atom is 0.494 e. The first-order valence-corrected chi connectivity index (χ1v) is 6.61. The Balaban J connectivity index is 1.95. The minimum absolute atomic E-state index is 0.123. The van der Waals surface area contributed by atoms with Crippen molar-refractivity contribution in [1.29, 1.82) is 0 Å². The molecule has 18 heavy (non-hydrogen) atoms. The molecule has 94 valence electrons. The van der Waals surface area contributed by atoms with Crippen LogP contribution in [0.1, 0.15) is 20.8 Å². The van der Waals surface area contributed by atoms with Gasteiger partial charge in [-0.05, 0) is 21.8 Å². The van der Waals surface area contributed by atoms with Crippen LogP contribution in [-0.2, 0) is 9.31 Å². The number of hydrogen-bond acceptors (Lipinski definition) is 2. The number of fused-ring (bicyclic) bond motifs is 1. The fraction of sp³-hybridized carbons (Fsp3) is 0.467. The van der Waals surface area contributed by atoms with Gasteiger partial charge in [-0.1, -0.05) is 51.1 Å². The minimum Gasteiger partial charge on any atom is -0.407 e. The molecule has 0 spiro atoms. The van der Waals surface area contributed by atoms with Crippen molar-refractivity contribution in [2.45, 2.75) is 20.8 Å². The average Bonchev–Trinajstić information content (AvgIpc) is 2.69. The Morgan fingerprint density at radius 3 is 2.61 bits per heavy atom. The van der Waals surface area contributed by atoms with E-state index in [0.29, 0.717) is 5.92 Å². The monoisotopic (exact) mass is 242 g/mol. The molecule has 1 saturated heterocycles. The molecule has 1 aliphatic carbocycles. The number of rotatable bonds is 1. The second-order valence-electron chi connectivity index (χ2n) is 6.16. The van der Waals surface area contributed by atoms with Gasteiger partial charge in [-0.3, -0.25) is 0 Å². The van der Waals surface area contributed by atoms with Crippen LogP contribution in [0.5, 0.6) is 0 Å². The van der Waals surface area contributed by atoms with Crippen molar-refractivity contribution in [1.82, 2.24) is 0 Å². The third kappa shape index (κ3) is 2.13. The zero-order valence-electron chi connectivity index (χ0n) is 11.3. The van der Waals surface area contributed by atoms with Crippen molar-refractivity contribution in [3.63, 3.8) is 0 Å². The van der Waals surface area contributed by atoms with Crippen LogP contribution in [0, 0.1) is 11.3 Å². The molecule has 1 unspecified atom stereocenters. The highest BCUT2D eigenvalue weighted by molar-refractivity contribution is 6.61. The smallest absolute Gasteiger partial charge is 0.407 e. The van der Waals surface area contributed by atoms with E-state index in [1.165, 1.54) is 15.9 Å². The molecular weight excluding hydrogens is 223 g/mol. The predicted octanol–water partition coefficient (Wildman–Crippen LogP) is 0.665. The second kappa shape index (κ2) is 4.25. The lowest BCUT2D eigenvalue weighted by Crippen LogP contribution is -2.54. The van der Waals surface area contributed by atoms with E-state index in [1.54, 1.807) is 0 Å². The van der Waals surface area contributed by atoms with Crippen LogP contribution in [-0.4, -0.2) is 20.3 Å². The fourth-order valence-corrected chi connectivity index (χ4v) is 2.61. The Morgan fingerprint density at radius 1 is 1.17 bits per heavy atom. The highest BCUT2D eigenvalue weighted by Crippen LogP contribution is 2.20. The molecule has 0 saturated carbocycles. The number of benzene rings is 1. The molecule has 0 radical (unpaired) electrons. The molecule has 0 amide bonds. The molecule has 3 rings (SSSR count). The predicted molar refractivity (Wildman–Crippen MR) is 74.9 cm³/mol. The molecule has 0 N–H and O–H groups in total. The summed E-state index contributed by atoms with van der Waals surface area (Å²) in [5, 5.41) is 2.59. The average molecular weight is 242 g/mol. The van der Waals surface area contributed by atoms with Crippen molar-refractivity contribution < 1.29 is 9.31 Å². The van der Waals surface area contributed by atoms with Crippen LogP contribution >= 0.6 is 0 Å². The van der Waals surface area contributed by atoms with E-state index in [4.69, 9.17) is 9.31 Å². The highest BCUT2D eigenvalue weighted by Gasteiger charge is 2.34. The van der Waals surface area contributed by atoms with Crippen molar-refractivity contribution >= 4 is 24.7 Å². The zero-order valence-corrected chi connectivity index (χ0v) is 11.3. The fourth-order valence-electron chi connectivity index (χ4n) is 2.61. The van der Waals surface area contributed by atoms with Crippen LogP contribution in [0.2, 0.25) is 0 Å². The standard InChI is InChI=1S/C15H19BO2/c1-11-7-12-5-4-6-14(13(12)8-11)16-17-9-15(2,3)10-18-16/h4-8,11H,9-10H2,1-3H3. The zero-order chi connectivity index (χ0) is 12.8. The molecule has 1 aliphatic heterocycles. The van der Waals surface area contributed by atoms with E-state index in [9.17, 15) is 0 Å². The van der Waals surface area contributed by atoms with Gasteiger partial charge in [0.2, 0.25) is 0 Å². The minimum atomic E-state index is -0.206. The van der Waals surface area contributed by atoms with Crippen molar-refractivity contribution in [3.05, 3.63) is 28.6 Å². The lowest BCUT2D eigenvalue weighted by Gasteiger charge is -2.33. The summed E-state index contributed by atoms with van der Waals surface area (Å²) in [5.74, 6) is 0.501. The summed E-state index contributed by atoms with van der Waals surface area (Å²) in [6.45, 7) is 8.04. The lowest BCUT2D eigenvalue weighted by atomic mass is 9.74. The van der Waals surface area contributed by atoms with Gasteiger partial charge in [0.25, 0.3) is 0 Å². The SMILES string of the molecule is CC1C=c2cccc(B3OCC(C)(C)CO3)c2=C1. The topological polar surface area (TPSA) is 18.5 Å². The highest BCUT2D eigenvalue weighted by atomic mass is 16.6. The van der Waals surface area contributed by atoms with Crippen LogP contribution in [0.25, 0.3) is 12.2 Å². The number of hydrogen-bond donors (Lipinski definition) is 0. The Labute approximate surface area is 108 Å². The molecular formula is C15H19BO2. The summed E-state index contributed by atoms with van der Waals surface area (Å²) in [7, 11) is -0.206. The largest absolute Gasteiger partial charge is 0.494 e.